The van der Waals surface area contributed by atoms with Gasteiger partial charge in [0.15, 0.2) is 11.5 Å². The first kappa shape index (κ1) is 28.8. The van der Waals surface area contributed by atoms with Crippen LogP contribution in [-0.2, 0) is 22.6 Å². The first-order valence-corrected chi connectivity index (χ1v) is 12.8. The summed E-state index contributed by atoms with van der Waals surface area (Å²) in [5, 5.41) is 7.57. The molecule has 3 aromatic carbocycles. The lowest BCUT2D eigenvalue weighted by Gasteiger charge is -2.17. The second-order valence-electron chi connectivity index (χ2n) is 8.02. The van der Waals surface area contributed by atoms with E-state index in [4.69, 9.17) is 37.4 Å². The molecule has 0 unspecified atom stereocenters. The second kappa shape index (κ2) is 14.9. The van der Waals surface area contributed by atoms with E-state index in [2.05, 4.69) is 15.8 Å². The molecule has 0 saturated heterocycles. The molecular weight excluding hydrogens is 529 g/mol. The Balaban J connectivity index is 1.66. The third kappa shape index (κ3) is 8.97. The molecule has 8 nitrogen and oxygen atoms in total. The molecule has 0 aromatic heterocycles. The van der Waals surface area contributed by atoms with Gasteiger partial charge >= 0.3 is 6.09 Å². The number of carbonyl (C=O) groups is 2. The summed E-state index contributed by atoms with van der Waals surface area (Å²) in [5.41, 5.74) is 4.90. The quantitative estimate of drug-likeness (QED) is 0.217. The van der Waals surface area contributed by atoms with Crippen LogP contribution in [0.3, 0.4) is 0 Å². The molecule has 0 radical (unpaired) electrons. The van der Waals surface area contributed by atoms with E-state index in [-0.39, 0.29) is 19.6 Å². The zero-order chi connectivity index (χ0) is 27.3. The monoisotopic (exact) mass is 557 g/mol. The van der Waals surface area contributed by atoms with Crippen LogP contribution in [0.15, 0.2) is 71.8 Å². The molecular formula is C28H29Cl2N3O5. The van der Waals surface area contributed by atoms with Crippen molar-refractivity contribution in [1.29, 1.82) is 0 Å². The number of hydrogen-bond acceptors (Lipinski definition) is 6. The van der Waals surface area contributed by atoms with Crippen molar-refractivity contribution in [1.82, 2.24) is 10.7 Å². The van der Waals surface area contributed by atoms with Gasteiger partial charge in [-0.1, -0.05) is 59.6 Å². The third-order valence-electron chi connectivity index (χ3n) is 5.20. The van der Waals surface area contributed by atoms with Crippen molar-refractivity contribution in [2.45, 2.75) is 32.9 Å². The SMILES string of the molecule is CCOC(=O)N[C@@H](Cc1ccccc1)C(=O)N/N=C\c1ccc(OCc2ccc(Cl)c(Cl)c2)c(OCC)c1. The highest BCUT2D eigenvalue weighted by molar-refractivity contribution is 6.42. The molecule has 3 aromatic rings. The molecule has 0 aliphatic heterocycles. The van der Waals surface area contributed by atoms with Crippen LogP contribution in [0.2, 0.25) is 10.0 Å². The number of amides is 2. The molecule has 0 aliphatic carbocycles. The number of hydrazone groups is 1. The van der Waals surface area contributed by atoms with Crippen LogP contribution >= 0.6 is 23.2 Å². The van der Waals surface area contributed by atoms with Crippen molar-refractivity contribution in [2.75, 3.05) is 13.2 Å². The van der Waals surface area contributed by atoms with E-state index in [1.807, 2.05) is 43.3 Å². The van der Waals surface area contributed by atoms with E-state index in [9.17, 15) is 9.59 Å². The van der Waals surface area contributed by atoms with E-state index >= 15 is 0 Å². The Morgan fingerprint density at radius 3 is 2.39 bits per heavy atom. The molecule has 200 valence electrons. The summed E-state index contributed by atoms with van der Waals surface area (Å²) in [6, 6.07) is 19.1. The molecule has 2 N–H and O–H groups in total. The summed E-state index contributed by atoms with van der Waals surface area (Å²) in [5.74, 6) is 0.583. The molecule has 0 bridgehead atoms. The predicted molar refractivity (Wildman–Crippen MR) is 148 cm³/mol. The summed E-state index contributed by atoms with van der Waals surface area (Å²) in [7, 11) is 0. The van der Waals surface area contributed by atoms with Crippen LogP contribution in [0, 0.1) is 0 Å². The van der Waals surface area contributed by atoms with Crippen LogP contribution in [0.4, 0.5) is 4.79 Å². The van der Waals surface area contributed by atoms with E-state index in [0.717, 1.165) is 11.1 Å². The number of rotatable bonds is 12. The van der Waals surface area contributed by atoms with E-state index in [1.165, 1.54) is 6.21 Å². The lowest BCUT2D eigenvalue weighted by molar-refractivity contribution is -0.123. The van der Waals surface area contributed by atoms with Crippen LogP contribution in [0.5, 0.6) is 11.5 Å². The fourth-order valence-corrected chi connectivity index (χ4v) is 3.73. The van der Waals surface area contributed by atoms with Crippen LogP contribution < -0.4 is 20.2 Å². The number of carbonyl (C=O) groups excluding carboxylic acids is 2. The molecule has 1 atom stereocenters. The Hall–Kier alpha value is -3.75. The lowest BCUT2D eigenvalue weighted by Crippen LogP contribution is -2.47. The minimum Gasteiger partial charge on any atom is -0.490 e. The van der Waals surface area contributed by atoms with E-state index in [1.54, 1.807) is 37.3 Å². The molecule has 0 aliphatic rings. The Labute approximate surface area is 231 Å². The highest BCUT2D eigenvalue weighted by atomic mass is 35.5. The Bertz CT molecular complexity index is 1250. The number of nitrogens with zero attached hydrogens (tertiary/aromatic N) is 1. The lowest BCUT2D eigenvalue weighted by atomic mass is 10.1. The fourth-order valence-electron chi connectivity index (χ4n) is 3.41. The fraction of sp³-hybridized carbons (Fsp3) is 0.250. The highest BCUT2D eigenvalue weighted by Crippen LogP contribution is 2.30. The molecule has 10 heteroatoms. The molecule has 2 amide bonds. The van der Waals surface area contributed by atoms with Gasteiger partial charge in [0.1, 0.15) is 12.6 Å². The summed E-state index contributed by atoms with van der Waals surface area (Å²) >= 11 is 12.1. The molecule has 0 heterocycles. The van der Waals surface area contributed by atoms with Gasteiger partial charge in [-0.2, -0.15) is 5.10 Å². The first-order valence-electron chi connectivity index (χ1n) is 12.0. The van der Waals surface area contributed by atoms with E-state index < -0.39 is 18.0 Å². The van der Waals surface area contributed by atoms with Gasteiger partial charge in [0.2, 0.25) is 0 Å². The van der Waals surface area contributed by atoms with Crippen LogP contribution in [0.1, 0.15) is 30.5 Å². The third-order valence-corrected chi connectivity index (χ3v) is 5.94. The Morgan fingerprint density at radius 2 is 1.68 bits per heavy atom. The first-order chi connectivity index (χ1) is 18.4. The number of hydrogen-bond donors (Lipinski definition) is 2. The largest absolute Gasteiger partial charge is 0.490 e. The van der Waals surface area contributed by atoms with Gasteiger partial charge in [-0.15, -0.1) is 0 Å². The topological polar surface area (TPSA) is 98.2 Å². The molecule has 38 heavy (non-hydrogen) atoms. The zero-order valence-electron chi connectivity index (χ0n) is 21.1. The minimum absolute atomic E-state index is 0.193. The van der Waals surface area contributed by atoms with Crippen molar-refractivity contribution in [3.63, 3.8) is 0 Å². The maximum Gasteiger partial charge on any atom is 0.407 e. The molecule has 3 rings (SSSR count). The maximum absolute atomic E-state index is 12.8. The van der Waals surface area contributed by atoms with Gasteiger partial charge in [0.05, 0.1) is 29.5 Å². The number of halogens is 2. The normalized spacial score (nSPS) is 11.6. The smallest absolute Gasteiger partial charge is 0.407 e. The average Bonchev–Trinajstić information content (AvgIpc) is 2.90. The van der Waals surface area contributed by atoms with Crippen molar-refractivity contribution < 1.29 is 23.8 Å². The number of benzene rings is 3. The van der Waals surface area contributed by atoms with Crippen molar-refractivity contribution in [3.05, 3.63) is 93.5 Å². The zero-order valence-corrected chi connectivity index (χ0v) is 22.6. The molecule has 0 fully saturated rings. The van der Waals surface area contributed by atoms with Crippen molar-refractivity contribution in [3.8, 4) is 11.5 Å². The van der Waals surface area contributed by atoms with Gasteiger partial charge in [-0.05, 0) is 60.9 Å². The van der Waals surface area contributed by atoms with Gasteiger partial charge in [-0.3, -0.25) is 4.79 Å². The maximum atomic E-state index is 12.8. The summed E-state index contributed by atoms with van der Waals surface area (Å²) in [4.78, 5) is 24.8. The summed E-state index contributed by atoms with van der Waals surface area (Å²) < 4.78 is 16.6. The van der Waals surface area contributed by atoms with E-state index in [0.29, 0.717) is 33.7 Å². The van der Waals surface area contributed by atoms with Gasteiger partial charge in [0, 0.05) is 6.42 Å². The van der Waals surface area contributed by atoms with Gasteiger partial charge in [0.25, 0.3) is 5.91 Å². The average molecular weight is 558 g/mol. The summed E-state index contributed by atoms with van der Waals surface area (Å²) in [6.07, 6.45) is 1.08. The predicted octanol–water partition coefficient (Wildman–Crippen LogP) is 5.78. The van der Waals surface area contributed by atoms with Crippen LogP contribution in [-0.4, -0.2) is 37.5 Å². The summed E-state index contributed by atoms with van der Waals surface area (Å²) in [6.45, 7) is 4.46. The van der Waals surface area contributed by atoms with Crippen molar-refractivity contribution >= 4 is 41.4 Å². The van der Waals surface area contributed by atoms with Gasteiger partial charge < -0.3 is 19.5 Å². The molecule has 0 spiro atoms. The number of nitrogens with one attached hydrogen (secondary N) is 2. The number of alkyl carbamates (subject to hydrolysis) is 1. The Morgan fingerprint density at radius 1 is 0.895 bits per heavy atom. The van der Waals surface area contributed by atoms with Crippen LogP contribution in [0.25, 0.3) is 0 Å². The Kier molecular flexibility index (Phi) is 11.3. The molecule has 0 saturated carbocycles. The van der Waals surface area contributed by atoms with Gasteiger partial charge in [-0.25, -0.2) is 10.2 Å². The second-order valence-corrected chi connectivity index (χ2v) is 8.83. The van der Waals surface area contributed by atoms with Crippen molar-refractivity contribution in [2.24, 2.45) is 5.10 Å². The standard InChI is InChI=1S/C28H29Cl2N3O5/c1-3-36-26-16-20(11-13-25(26)38-18-21-10-12-22(29)23(30)14-21)17-31-33-27(34)24(32-28(35)37-4-2)15-19-8-6-5-7-9-19/h5-14,16-17,24H,3-4,15,18H2,1-2H3,(H,32,35)(H,33,34)/b31-17-/t24-/m0/s1. The highest BCUT2D eigenvalue weighted by Gasteiger charge is 2.21. The minimum atomic E-state index is -0.871. The number of ether oxygens (including phenoxy) is 3.